The molecule has 4 rings (SSSR count). The number of hydrogen-bond acceptors (Lipinski definition) is 6. The van der Waals surface area contributed by atoms with Crippen molar-refractivity contribution in [1.82, 2.24) is 9.78 Å². The summed E-state index contributed by atoms with van der Waals surface area (Å²) in [5.74, 6) is 1.47. The van der Waals surface area contributed by atoms with Crippen LogP contribution in [0.25, 0.3) is 11.3 Å². The lowest BCUT2D eigenvalue weighted by molar-refractivity contribution is -0.119. The molecule has 30 heavy (non-hydrogen) atoms. The normalized spacial score (nSPS) is 13.0. The first-order valence-corrected chi connectivity index (χ1v) is 9.59. The van der Waals surface area contributed by atoms with E-state index in [0.717, 1.165) is 5.56 Å². The number of nitrogens with zero attached hydrogens (tertiary/aromatic N) is 2. The maximum atomic E-state index is 12.8. The molecule has 1 aliphatic heterocycles. The number of benzene rings is 2. The molecule has 0 bridgehead atoms. The molecule has 0 radical (unpaired) electrons. The molecule has 0 saturated carbocycles. The fraction of sp³-hybridized carbons (Fsp3) is 0.227. The third-order valence-electron chi connectivity index (χ3n) is 4.68. The monoisotopic (exact) mass is 407 g/mol. The quantitative estimate of drug-likeness (QED) is 0.675. The van der Waals surface area contributed by atoms with Crippen LogP contribution < -0.4 is 25.1 Å². The molecule has 8 heteroatoms. The van der Waals surface area contributed by atoms with Crippen LogP contribution >= 0.6 is 0 Å². The number of aromatic nitrogens is 2. The van der Waals surface area contributed by atoms with Crippen LogP contribution in [0.1, 0.15) is 19.9 Å². The van der Waals surface area contributed by atoms with E-state index in [1.807, 2.05) is 19.1 Å². The van der Waals surface area contributed by atoms with E-state index < -0.39 is 6.04 Å². The van der Waals surface area contributed by atoms with Gasteiger partial charge in [-0.25, -0.2) is 4.68 Å². The standard InChI is InChI=1S/C22H21N3O5/c1-3-28-18-7-5-4-6-17(18)23-22(27)14(2)25-21(26)11-9-16(24-25)15-8-10-19-20(12-15)30-13-29-19/h4-12,14H,3,13H2,1-2H3,(H,23,27). The van der Waals surface area contributed by atoms with Crippen molar-refractivity contribution in [1.29, 1.82) is 0 Å². The molecule has 0 fully saturated rings. The van der Waals surface area contributed by atoms with Gasteiger partial charge in [0.2, 0.25) is 12.7 Å². The number of fused-ring (bicyclic) bond motifs is 1. The predicted molar refractivity (Wildman–Crippen MR) is 111 cm³/mol. The van der Waals surface area contributed by atoms with Gasteiger partial charge in [0.25, 0.3) is 5.56 Å². The Kier molecular flexibility index (Phi) is 5.38. The number of hydrogen-bond donors (Lipinski definition) is 1. The van der Waals surface area contributed by atoms with E-state index in [-0.39, 0.29) is 18.3 Å². The van der Waals surface area contributed by atoms with Crippen LogP contribution in [-0.4, -0.2) is 29.1 Å². The molecular weight excluding hydrogens is 386 g/mol. The minimum Gasteiger partial charge on any atom is -0.492 e. The number of carbonyl (C=O) groups excluding carboxylic acids is 1. The second kappa shape index (κ2) is 8.28. The second-order valence-electron chi connectivity index (χ2n) is 6.66. The summed E-state index contributed by atoms with van der Waals surface area (Å²) < 4.78 is 17.4. The maximum Gasteiger partial charge on any atom is 0.267 e. The predicted octanol–water partition coefficient (Wildman–Crippen LogP) is 3.24. The minimum atomic E-state index is -0.832. The summed E-state index contributed by atoms with van der Waals surface area (Å²) in [5.41, 5.74) is 1.46. The van der Waals surface area contributed by atoms with Gasteiger partial charge in [0.05, 0.1) is 18.0 Å². The molecule has 1 N–H and O–H groups in total. The van der Waals surface area contributed by atoms with Gasteiger partial charge in [-0.05, 0) is 50.2 Å². The van der Waals surface area contributed by atoms with Gasteiger partial charge in [-0.2, -0.15) is 5.10 Å². The molecule has 2 heterocycles. The molecule has 3 aromatic rings. The largest absolute Gasteiger partial charge is 0.492 e. The van der Waals surface area contributed by atoms with Gasteiger partial charge in [0.1, 0.15) is 11.8 Å². The van der Waals surface area contributed by atoms with E-state index >= 15 is 0 Å². The lowest BCUT2D eigenvalue weighted by Gasteiger charge is -2.16. The summed E-state index contributed by atoms with van der Waals surface area (Å²) in [5, 5.41) is 7.22. The lowest BCUT2D eigenvalue weighted by atomic mass is 10.1. The van der Waals surface area contributed by atoms with Gasteiger partial charge in [0, 0.05) is 11.6 Å². The number of anilines is 1. The maximum absolute atomic E-state index is 12.8. The van der Waals surface area contributed by atoms with Crippen LogP contribution in [0.2, 0.25) is 0 Å². The Morgan fingerprint density at radius 3 is 2.80 bits per heavy atom. The summed E-state index contributed by atoms with van der Waals surface area (Å²) in [7, 11) is 0. The van der Waals surface area contributed by atoms with Gasteiger partial charge >= 0.3 is 0 Å². The smallest absolute Gasteiger partial charge is 0.267 e. The molecule has 1 aromatic heterocycles. The molecule has 1 amide bonds. The molecule has 1 atom stereocenters. The third kappa shape index (κ3) is 3.84. The average Bonchev–Trinajstić information content (AvgIpc) is 3.23. The zero-order valence-electron chi connectivity index (χ0n) is 16.6. The van der Waals surface area contributed by atoms with Gasteiger partial charge in [-0.15, -0.1) is 0 Å². The molecule has 1 unspecified atom stereocenters. The van der Waals surface area contributed by atoms with E-state index in [4.69, 9.17) is 14.2 Å². The van der Waals surface area contributed by atoms with E-state index in [2.05, 4.69) is 10.4 Å². The molecule has 2 aromatic carbocycles. The first-order chi connectivity index (χ1) is 14.6. The summed E-state index contributed by atoms with van der Waals surface area (Å²) in [6, 6.07) is 14.7. The highest BCUT2D eigenvalue weighted by Gasteiger charge is 2.20. The van der Waals surface area contributed by atoms with Crippen molar-refractivity contribution in [3.05, 3.63) is 65.0 Å². The fourth-order valence-electron chi connectivity index (χ4n) is 3.11. The SMILES string of the molecule is CCOc1ccccc1NC(=O)C(C)n1nc(-c2ccc3c(c2)OCO3)ccc1=O. The highest BCUT2D eigenvalue weighted by atomic mass is 16.7. The van der Waals surface area contributed by atoms with E-state index in [1.165, 1.54) is 10.7 Å². The Hall–Kier alpha value is -3.81. The number of para-hydroxylation sites is 2. The van der Waals surface area contributed by atoms with Crippen LogP contribution in [0.3, 0.4) is 0 Å². The van der Waals surface area contributed by atoms with E-state index in [1.54, 1.807) is 43.3 Å². The van der Waals surface area contributed by atoms with Crippen molar-refractivity contribution in [2.75, 3.05) is 18.7 Å². The molecule has 8 nitrogen and oxygen atoms in total. The first kappa shape index (κ1) is 19.5. The zero-order chi connectivity index (χ0) is 21.1. The van der Waals surface area contributed by atoms with Gasteiger partial charge in [-0.3, -0.25) is 9.59 Å². The highest BCUT2D eigenvalue weighted by molar-refractivity contribution is 5.94. The van der Waals surface area contributed by atoms with Gasteiger partial charge < -0.3 is 19.5 Å². The average molecular weight is 407 g/mol. The Balaban J connectivity index is 1.60. The van der Waals surface area contributed by atoms with Crippen LogP contribution in [0.15, 0.2) is 59.4 Å². The van der Waals surface area contributed by atoms with Crippen molar-refractivity contribution < 1.29 is 19.0 Å². The van der Waals surface area contributed by atoms with Crippen LogP contribution in [-0.2, 0) is 4.79 Å². The molecule has 0 saturated heterocycles. The first-order valence-electron chi connectivity index (χ1n) is 9.59. The van der Waals surface area contributed by atoms with Crippen molar-refractivity contribution >= 4 is 11.6 Å². The third-order valence-corrected chi connectivity index (χ3v) is 4.68. The lowest BCUT2D eigenvalue weighted by Crippen LogP contribution is -2.33. The zero-order valence-corrected chi connectivity index (χ0v) is 16.6. The fourth-order valence-corrected chi connectivity index (χ4v) is 3.11. The van der Waals surface area contributed by atoms with Crippen LogP contribution in [0.5, 0.6) is 17.2 Å². The van der Waals surface area contributed by atoms with E-state index in [9.17, 15) is 9.59 Å². The molecule has 1 aliphatic rings. The number of carbonyl (C=O) groups is 1. The topological polar surface area (TPSA) is 91.7 Å². The van der Waals surface area contributed by atoms with Crippen molar-refractivity contribution in [3.63, 3.8) is 0 Å². The Labute approximate surface area is 173 Å². The Morgan fingerprint density at radius 1 is 1.17 bits per heavy atom. The molecule has 0 spiro atoms. The number of ether oxygens (including phenoxy) is 3. The van der Waals surface area contributed by atoms with Crippen LogP contribution in [0.4, 0.5) is 5.69 Å². The number of amides is 1. The minimum absolute atomic E-state index is 0.173. The van der Waals surface area contributed by atoms with Crippen molar-refractivity contribution in [2.24, 2.45) is 0 Å². The van der Waals surface area contributed by atoms with Gasteiger partial charge in [0.15, 0.2) is 11.5 Å². The number of rotatable bonds is 6. The summed E-state index contributed by atoms with van der Waals surface area (Å²) in [6.07, 6.45) is 0. The van der Waals surface area contributed by atoms with Gasteiger partial charge in [-0.1, -0.05) is 12.1 Å². The second-order valence-corrected chi connectivity index (χ2v) is 6.66. The van der Waals surface area contributed by atoms with Crippen molar-refractivity contribution in [3.8, 4) is 28.5 Å². The van der Waals surface area contributed by atoms with E-state index in [0.29, 0.717) is 35.2 Å². The summed E-state index contributed by atoms with van der Waals surface area (Å²) in [4.78, 5) is 25.2. The van der Waals surface area contributed by atoms with Crippen LogP contribution in [0, 0.1) is 0 Å². The summed E-state index contributed by atoms with van der Waals surface area (Å²) in [6.45, 7) is 4.13. The Morgan fingerprint density at radius 2 is 1.97 bits per heavy atom. The molecular formula is C22H21N3O5. The molecule has 0 aliphatic carbocycles. The molecule has 154 valence electrons. The Bertz CT molecular complexity index is 1140. The van der Waals surface area contributed by atoms with Crippen molar-refractivity contribution in [2.45, 2.75) is 19.9 Å². The highest BCUT2D eigenvalue weighted by Crippen LogP contribution is 2.35. The summed E-state index contributed by atoms with van der Waals surface area (Å²) >= 11 is 0. The number of nitrogens with one attached hydrogen (secondary N) is 1.